The first-order chi connectivity index (χ1) is 12.4. The second-order valence-electron chi connectivity index (χ2n) is 6.74. The van der Waals surface area contributed by atoms with Gasteiger partial charge in [0, 0.05) is 26.2 Å². The standard InChI is InChI=1S/C20H24ClN3O2/c1-14-11-15(2)20(16(21)12-14)22-19(26)13-23-7-9-24(10-8-23)17-5-3-4-6-18(17)25/h3-6,11-12,25H,7-10,13H2,1-2H3,(H,22,26). The summed E-state index contributed by atoms with van der Waals surface area (Å²) in [5.74, 6) is 0.234. The Bertz CT molecular complexity index is 778. The van der Waals surface area contributed by atoms with Crippen molar-refractivity contribution < 1.29 is 9.90 Å². The summed E-state index contributed by atoms with van der Waals surface area (Å²) in [7, 11) is 0. The molecule has 0 spiro atoms. The molecule has 1 heterocycles. The monoisotopic (exact) mass is 373 g/mol. The summed E-state index contributed by atoms with van der Waals surface area (Å²) in [6.07, 6.45) is 0. The largest absolute Gasteiger partial charge is 0.506 e. The molecule has 0 aromatic heterocycles. The number of halogens is 1. The summed E-state index contributed by atoms with van der Waals surface area (Å²) >= 11 is 6.26. The lowest BCUT2D eigenvalue weighted by Crippen LogP contribution is -2.48. The predicted octanol–water partition coefficient (Wildman–Crippen LogP) is 3.42. The molecule has 5 nitrogen and oxygen atoms in total. The number of nitrogens with zero attached hydrogens (tertiary/aromatic N) is 2. The van der Waals surface area contributed by atoms with Crippen LogP contribution in [0.3, 0.4) is 0 Å². The summed E-state index contributed by atoms with van der Waals surface area (Å²) in [4.78, 5) is 16.7. The number of aryl methyl sites for hydroxylation is 2. The Hall–Kier alpha value is -2.24. The Morgan fingerprint density at radius 3 is 2.50 bits per heavy atom. The number of anilines is 2. The summed E-state index contributed by atoms with van der Waals surface area (Å²) in [5.41, 5.74) is 3.58. The number of piperazine rings is 1. The van der Waals surface area contributed by atoms with Gasteiger partial charge >= 0.3 is 0 Å². The third kappa shape index (κ3) is 4.29. The van der Waals surface area contributed by atoms with Gasteiger partial charge in [0.25, 0.3) is 0 Å². The fraction of sp³-hybridized carbons (Fsp3) is 0.350. The highest BCUT2D eigenvalue weighted by Crippen LogP contribution is 2.28. The molecule has 0 unspecified atom stereocenters. The number of rotatable bonds is 4. The highest BCUT2D eigenvalue weighted by Gasteiger charge is 2.21. The van der Waals surface area contributed by atoms with Crippen molar-refractivity contribution >= 4 is 28.9 Å². The Labute approximate surface area is 159 Å². The van der Waals surface area contributed by atoms with Crippen molar-refractivity contribution in [2.45, 2.75) is 13.8 Å². The van der Waals surface area contributed by atoms with E-state index in [4.69, 9.17) is 11.6 Å². The van der Waals surface area contributed by atoms with Crippen LogP contribution in [0, 0.1) is 13.8 Å². The molecule has 3 rings (SSSR count). The Kier molecular flexibility index (Phi) is 5.69. The molecule has 138 valence electrons. The van der Waals surface area contributed by atoms with Crippen LogP contribution in [0.4, 0.5) is 11.4 Å². The Morgan fingerprint density at radius 2 is 1.85 bits per heavy atom. The number of para-hydroxylation sites is 2. The van der Waals surface area contributed by atoms with E-state index in [0.717, 1.165) is 43.0 Å². The number of nitrogens with one attached hydrogen (secondary N) is 1. The Morgan fingerprint density at radius 1 is 1.15 bits per heavy atom. The summed E-state index contributed by atoms with van der Waals surface area (Å²) in [6, 6.07) is 11.2. The fourth-order valence-electron chi connectivity index (χ4n) is 3.33. The molecule has 2 aromatic rings. The topological polar surface area (TPSA) is 55.8 Å². The molecular formula is C20H24ClN3O2. The maximum Gasteiger partial charge on any atom is 0.238 e. The number of carbonyl (C=O) groups is 1. The van der Waals surface area contributed by atoms with Gasteiger partial charge in [0.05, 0.1) is 22.9 Å². The second kappa shape index (κ2) is 7.98. The molecule has 2 N–H and O–H groups in total. The number of benzene rings is 2. The quantitative estimate of drug-likeness (QED) is 0.862. The summed E-state index contributed by atoms with van der Waals surface area (Å²) < 4.78 is 0. The van der Waals surface area contributed by atoms with Crippen molar-refractivity contribution in [3.63, 3.8) is 0 Å². The molecule has 6 heteroatoms. The van der Waals surface area contributed by atoms with Crippen LogP contribution in [-0.4, -0.2) is 48.6 Å². The molecule has 1 aliphatic heterocycles. The van der Waals surface area contributed by atoms with Crippen LogP contribution < -0.4 is 10.2 Å². The van der Waals surface area contributed by atoms with Gasteiger partial charge in [0.2, 0.25) is 5.91 Å². The van der Waals surface area contributed by atoms with E-state index in [1.54, 1.807) is 6.07 Å². The molecule has 0 bridgehead atoms. The predicted molar refractivity (Wildman–Crippen MR) is 106 cm³/mol. The number of phenols is 1. The molecule has 2 aromatic carbocycles. The SMILES string of the molecule is Cc1cc(C)c(NC(=O)CN2CCN(c3ccccc3O)CC2)c(Cl)c1. The fourth-order valence-corrected chi connectivity index (χ4v) is 3.70. The van der Waals surface area contributed by atoms with Gasteiger partial charge in [-0.2, -0.15) is 0 Å². The van der Waals surface area contributed by atoms with E-state index in [1.807, 2.05) is 44.2 Å². The van der Waals surface area contributed by atoms with Crippen molar-refractivity contribution in [1.29, 1.82) is 0 Å². The molecule has 1 amide bonds. The Balaban J connectivity index is 1.55. The molecule has 0 saturated carbocycles. The molecule has 1 aliphatic rings. The van der Waals surface area contributed by atoms with Gasteiger partial charge in [-0.15, -0.1) is 0 Å². The molecule has 0 atom stereocenters. The smallest absolute Gasteiger partial charge is 0.238 e. The second-order valence-corrected chi connectivity index (χ2v) is 7.15. The van der Waals surface area contributed by atoms with E-state index < -0.39 is 0 Å². The first-order valence-electron chi connectivity index (χ1n) is 8.76. The highest BCUT2D eigenvalue weighted by atomic mass is 35.5. The van der Waals surface area contributed by atoms with E-state index >= 15 is 0 Å². The van der Waals surface area contributed by atoms with Crippen LogP contribution in [0.15, 0.2) is 36.4 Å². The van der Waals surface area contributed by atoms with Crippen molar-refractivity contribution in [2.75, 3.05) is 42.9 Å². The van der Waals surface area contributed by atoms with E-state index in [1.165, 1.54) is 0 Å². The van der Waals surface area contributed by atoms with E-state index in [2.05, 4.69) is 15.1 Å². The van der Waals surface area contributed by atoms with E-state index in [0.29, 0.717) is 23.0 Å². The average molecular weight is 374 g/mol. The van der Waals surface area contributed by atoms with E-state index in [9.17, 15) is 9.90 Å². The number of carbonyl (C=O) groups excluding carboxylic acids is 1. The molecule has 1 fully saturated rings. The van der Waals surface area contributed by atoms with Crippen molar-refractivity contribution in [3.8, 4) is 5.75 Å². The minimum Gasteiger partial charge on any atom is -0.506 e. The zero-order chi connectivity index (χ0) is 18.7. The third-order valence-electron chi connectivity index (χ3n) is 4.66. The van der Waals surface area contributed by atoms with Crippen molar-refractivity contribution in [1.82, 2.24) is 4.90 Å². The molecule has 1 saturated heterocycles. The third-order valence-corrected chi connectivity index (χ3v) is 4.96. The zero-order valence-corrected chi connectivity index (χ0v) is 15.9. The minimum absolute atomic E-state index is 0.0603. The van der Waals surface area contributed by atoms with Crippen LogP contribution in [0.25, 0.3) is 0 Å². The van der Waals surface area contributed by atoms with Gasteiger partial charge in [-0.05, 0) is 43.2 Å². The maximum atomic E-state index is 12.4. The van der Waals surface area contributed by atoms with Crippen molar-refractivity contribution in [2.24, 2.45) is 0 Å². The number of hydrogen-bond donors (Lipinski definition) is 2. The van der Waals surface area contributed by atoms with Gasteiger partial charge in [0.1, 0.15) is 5.75 Å². The molecule has 0 radical (unpaired) electrons. The summed E-state index contributed by atoms with van der Waals surface area (Å²) in [5, 5.41) is 13.5. The normalized spacial score (nSPS) is 15.1. The van der Waals surface area contributed by atoms with Crippen LogP contribution in [-0.2, 0) is 4.79 Å². The van der Waals surface area contributed by atoms with Gasteiger partial charge in [-0.3, -0.25) is 9.69 Å². The maximum absolute atomic E-state index is 12.4. The highest BCUT2D eigenvalue weighted by molar-refractivity contribution is 6.34. The molecule has 0 aliphatic carbocycles. The van der Waals surface area contributed by atoms with Gasteiger partial charge in [-0.1, -0.05) is 29.8 Å². The molecular weight excluding hydrogens is 350 g/mol. The van der Waals surface area contributed by atoms with Gasteiger partial charge in [-0.25, -0.2) is 0 Å². The number of amides is 1. The van der Waals surface area contributed by atoms with Crippen LogP contribution >= 0.6 is 11.6 Å². The zero-order valence-electron chi connectivity index (χ0n) is 15.1. The van der Waals surface area contributed by atoms with Gasteiger partial charge < -0.3 is 15.3 Å². The lowest BCUT2D eigenvalue weighted by molar-refractivity contribution is -0.117. The van der Waals surface area contributed by atoms with Crippen LogP contribution in [0.1, 0.15) is 11.1 Å². The van der Waals surface area contributed by atoms with Crippen LogP contribution in [0.5, 0.6) is 5.75 Å². The van der Waals surface area contributed by atoms with Crippen molar-refractivity contribution in [3.05, 3.63) is 52.5 Å². The average Bonchev–Trinajstić information content (AvgIpc) is 2.59. The lowest BCUT2D eigenvalue weighted by atomic mass is 10.1. The number of hydrogen-bond acceptors (Lipinski definition) is 4. The first-order valence-corrected chi connectivity index (χ1v) is 9.14. The van der Waals surface area contributed by atoms with Crippen LogP contribution in [0.2, 0.25) is 5.02 Å². The molecule has 26 heavy (non-hydrogen) atoms. The summed E-state index contributed by atoms with van der Waals surface area (Å²) in [6.45, 7) is 7.33. The lowest BCUT2D eigenvalue weighted by Gasteiger charge is -2.36. The van der Waals surface area contributed by atoms with E-state index in [-0.39, 0.29) is 5.91 Å². The minimum atomic E-state index is -0.0603. The number of aromatic hydroxyl groups is 1. The number of phenolic OH excluding ortho intramolecular Hbond substituents is 1. The first kappa shape index (κ1) is 18.5. The van der Waals surface area contributed by atoms with Gasteiger partial charge in [0.15, 0.2) is 0 Å².